The molecular formula is C18H24N6S. The average Bonchev–Trinajstić information content (AvgIpc) is 3.25. The van der Waals surface area contributed by atoms with E-state index in [9.17, 15) is 0 Å². The summed E-state index contributed by atoms with van der Waals surface area (Å²) in [6.45, 7) is 6.40. The third-order valence-electron chi connectivity index (χ3n) is 3.76. The van der Waals surface area contributed by atoms with Crippen LogP contribution in [-0.2, 0) is 19.4 Å². The molecule has 0 atom stereocenters. The number of para-hydroxylation sites is 2. The predicted octanol–water partition coefficient (Wildman–Crippen LogP) is 2.88. The summed E-state index contributed by atoms with van der Waals surface area (Å²) in [5.41, 5.74) is 2.09. The van der Waals surface area contributed by atoms with E-state index < -0.39 is 0 Å². The molecule has 25 heavy (non-hydrogen) atoms. The van der Waals surface area contributed by atoms with Gasteiger partial charge in [0.2, 0.25) is 0 Å². The van der Waals surface area contributed by atoms with Gasteiger partial charge >= 0.3 is 0 Å². The minimum Gasteiger partial charge on any atom is -0.357 e. The third kappa shape index (κ3) is 4.79. The lowest BCUT2D eigenvalue weighted by Crippen LogP contribution is -2.38. The van der Waals surface area contributed by atoms with E-state index in [0.717, 1.165) is 53.8 Å². The molecule has 0 fully saturated rings. The van der Waals surface area contributed by atoms with E-state index in [1.54, 1.807) is 11.3 Å². The first-order chi connectivity index (χ1) is 12.3. The highest BCUT2D eigenvalue weighted by molar-refractivity contribution is 7.11. The summed E-state index contributed by atoms with van der Waals surface area (Å²) in [4.78, 5) is 18.3. The zero-order chi connectivity index (χ0) is 17.5. The van der Waals surface area contributed by atoms with Crippen molar-refractivity contribution in [2.24, 2.45) is 4.99 Å². The normalized spacial score (nSPS) is 11.8. The van der Waals surface area contributed by atoms with Crippen LogP contribution in [0.2, 0.25) is 0 Å². The van der Waals surface area contributed by atoms with Crippen LogP contribution in [-0.4, -0.2) is 34.0 Å². The molecule has 0 aliphatic rings. The number of aromatic nitrogens is 3. The number of hydrogen-bond donors (Lipinski definition) is 3. The van der Waals surface area contributed by atoms with Gasteiger partial charge in [0.05, 0.1) is 17.6 Å². The molecule has 0 saturated heterocycles. The Morgan fingerprint density at radius 3 is 2.88 bits per heavy atom. The topological polar surface area (TPSA) is 78.0 Å². The van der Waals surface area contributed by atoms with Crippen LogP contribution in [0, 0.1) is 0 Å². The smallest absolute Gasteiger partial charge is 0.191 e. The van der Waals surface area contributed by atoms with Gasteiger partial charge in [0.1, 0.15) is 10.8 Å². The number of aromatic amines is 1. The van der Waals surface area contributed by atoms with Gasteiger partial charge in [-0.05, 0) is 25.5 Å². The fourth-order valence-electron chi connectivity index (χ4n) is 2.50. The third-order valence-corrected chi connectivity index (χ3v) is 4.89. The van der Waals surface area contributed by atoms with E-state index in [-0.39, 0.29) is 0 Å². The van der Waals surface area contributed by atoms with Gasteiger partial charge in [-0.3, -0.25) is 0 Å². The second-order valence-electron chi connectivity index (χ2n) is 5.65. The summed E-state index contributed by atoms with van der Waals surface area (Å²) in [6.07, 6.45) is 3.78. The molecule has 3 rings (SSSR count). The summed E-state index contributed by atoms with van der Waals surface area (Å²) >= 11 is 1.73. The lowest BCUT2D eigenvalue weighted by atomic mass is 10.3. The SMILES string of the molecule is CCNC(=NCc1ncc(CC)s1)NCCc1nc2ccccc2[nH]1. The fourth-order valence-corrected chi connectivity index (χ4v) is 3.28. The van der Waals surface area contributed by atoms with E-state index >= 15 is 0 Å². The van der Waals surface area contributed by atoms with Crippen LogP contribution in [0.15, 0.2) is 35.5 Å². The zero-order valence-corrected chi connectivity index (χ0v) is 15.5. The van der Waals surface area contributed by atoms with Crippen LogP contribution >= 0.6 is 11.3 Å². The predicted molar refractivity (Wildman–Crippen MR) is 104 cm³/mol. The van der Waals surface area contributed by atoms with Gasteiger partial charge in [-0.15, -0.1) is 11.3 Å². The van der Waals surface area contributed by atoms with E-state index in [4.69, 9.17) is 0 Å². The highest BCUT2D eigenvalue weighted by Gasteiger charge is 2.04. The summed E-state index contributed by atoms with van der Waals surface area (Å²) in [5, 5.41) is 7.68. The fraction of sp³-hybridized carbons (Fsp3) is 0.389. The number of aliphatic imine (C=N–C) groups is 1. The van der Waals surface area contributed by atoms with Crippen molar-refractivity contribution in [2.45, 2.75) is 33.2 Å². The first-order valence-corrected chi connectivity index (χ1v) is 9.49. The van der Waals surface area contributed by atoms with Gasteiger partial charge < -0.3 is 15.6 Å². The molecule has 0 radical (unpaired) electrons. The molecule has 7 heteroatoms. The van der Waals surface area contributed by atoms with Gasteiger partial charge in [-0.25, -0.2) is 15.0 Å². The van der Waals surface area contributed by atoms with Crippen molar-refractivity contribution >= 4 is 28.3 Å². The number of imidazole rings is 1. The Bertz CT molecular complexity index is 802. The van der Waals surface area contributed by atoms with Crippen molar-refractivity contribution < 1.29 is 0 Å². The molecule has 6 nitrogen and oxygen atoms in total. The van der Waals surface area contributed by atoms with E-state index in [2.05, 4.69) is 44.4 Å². The number of fused-ring (bicyclic) bond motifs is 1. The standard InChI is InChI=1S/C18H24N6S/c1-3-13-11-21-17(25-13)12-22-18(19-4-2)20-10-9-16-23-14-7-5-6-8-15(14)24-16/h5-8,11H,3-4,9-10,12H2,1-2H3,(H,23,24)(H2,19,20,22). The average molecular weight is 356 g/mol. The Labute approximate surface area is 151 Å². The molecule has 2 aromatic heterocycles. The Kier molecular flexibility index (Phi) is 6.00. The van der Waals surface area contributed by atoms with Crippen LogP contribution in [0.3, 0.4) is 0 Å². The van der Waals surface area contributed by atoms with Crippen LogP contribution in [0.4, 0.5) is 0 Å². The summed E-state index contributed by atoms with van der Waals surface area (Å²) in [7, 11) is 0. The molecule has 132 valence electrons. The molecule has 0 amide bonds. The number of guanidine groups is 1. The lowest BCUT2D eigenvalue weighted by Gasteiger charge is -2.10. The van der Waals surface area contributed by atoms with Crippen LogP contribution < -0.4 is 10.6 Å². The largest absolute Gasteiger partial charge is 0.357 e. The Morgan fingerprint density at radius 1 is 1.24 bits per heavy atom. The molecule has 3 aromatic rings. The maximum atomic E-state index is 4.62. The number of thiazole rings is 1. The van der Waals surface area contributed by atoms with Gasteiger partial charge in [0.25, 0.3) is 0 Å². The van der Waals surface area contributed by atoms with Crippen molar-refractivity contribution in [2.75, 3.05) is 13.1 Å². The number of H-pyrrole nitrogens is 1. The molecule has 3 N–H and O–H groups in total. The lowest BCUT2D eigenvalue weighted by molar-refractivity contribution is 0.779. The number of aryl methyl sites for hydroxylation is 1. The van der Waals surface area contributed by atoms with E-state index in [1.807, 2.05) is 30.5 Å². The molecule has 0 unspecified atom stereocenters. The van der Waals surface area contributed by atoms with Crippen molar-refractivity contribution in [3.8, 4) is 0 Å². The second-order valence-corrected chi connectivity index (χ2v) is 6.85. The van der Waals surface area contributed by atoms with E-state index in [1.165, 1.54) is 4.88 Å². The molecule has 0 aliphatic carbocycles. The number of rotatable bonds is 7. The Morgan fingerprint density at radius 2 is 2.12 bits per heavy atom. The maximum absolute atomic E-state index is 4.62. The number of benzene rings is 1. The quantitative estimate of drug-likeness (QED) is 0.449. The number of nitrogens with one attached hydrogen (secondary N) is 3. The van der Waals surface area contributed by atoms with Crippen molar-refractivity contribution in [1.29, 1.82) is 0 Å². The summed E-state index contributed by atoms with van der Waals surface area (Å²) in [5.74, 6) is 1.80. The Hall–Kier alpha value is -2.41. The molecule has 0 saturated carbocycles. The molecule has 1 aromatic carbocycles. The highest BCUT2D eigenvalue weighted by atomic mass is 32.1. The number of nitrogens with zero attached hydrogens (tertiary/aromatic N) is 3. The van der Waals surface area contributed by atoms with Crippen molar-refractivity contribution in [3.05, 3.63) is 46.2 Å². The molecule has 0 bridgehead atoms. The molecular weight excluding hydrogens is 332 g/mol. The van der Waals surface area contributed by atoms with Gasteiger partial charge in [-0.1, -0.05) is 19.1 Å². The van der Waals surface area contributed by atoms with Crippen LogP contribution in [0.1, 0.15) is 29.6 Å². The second kappa shape index (κ2) is 8.62. The minimum atomic E-state index is 0.602. The highest BCUT2D eigenvalue weighted by Crippen LogP contribution is 2.14. The van der Waals surface area contributed by atoms with E-state index in [0.29, 0.717) is 6.54 Å². The first kappa shape index (κ1) is 17.4. The zero-order valence-electron chi connectivity index (χ0n) is 14.7. The summed E-state index contributed by atoms with van der Waals surface area (Å²) < 4.78 is 0. The minimum absolute atomic E-state index is 0.602. The van der Waals surface area contributed by atoms with Gasteiger partial charge in [0, 0.05) is 30.6 Å². The van der Waals surface area contributed by atoms with Crippen LogP contribution in [0.5, 0.6) is 0 Å². The molecule has 0 spiro atoms. The molecule has 0 aliphatic heterocycles. The maximum Gasteiger partial charge on any atom is 0.191 e. The first-order valence-electron chi connectivity index (χ1n) is 8.68. The monoisotopic (exact) mass is 356 g/mol. The Balaban J connectivity index is 1.54. The van der Waals surface area contributed by atoms with Crippen molar-refractivity contribution in [3.63, 3.8) is 0 Å². The van der Waals surface area contributed by atoms with Crippen molar-refractivity contribution in [1.82, 2.24) is 25.6 Å². The molecule has 2 heterocycles. The number of hydrogen-bond acceptors (Lipinski definition) is 4. The van der Waals surface area contributed by atoms with Gasteiger partial charge in [-0.2, -0.15) is 0 Å². The van der Waals surface area contributed by atoms with Gasteiger partial charge in [0.15, 0.2) is 5.96 Å². The van der Waals surface area contributed by atoms with Crippen LogP contribution in [0.25, 0.3) is 11.0 Å². The summed E-state index contributed by atoms with van der Waals surface area (Å²) in [6, 6.07) is 8.08.